The maximum absolute atomic E-state index is 11.7. The molecule has 1 aromatic rings. The molecule has 0 heterocycles. The van der Waals surface area contributed by atoms with Crippen molar-refractivity contribution >= 4 is 11.6 Å². The van der Waals surface area contributed by atoms with Crippen LogP contribution in [0.2, 0.25) is 0 Å². The second-order valence-corrected chi connectivity index (χ2v) is 5.56. The third-order valence-corrected chi connectivity index (χ3v) is 2.51. The quantitative estimate of drug-likeness (QED) is 0.784. The van der Waals surface area contributed by atoms with E-state index in [1.807, 2.05) is 26.8 Å². The van der Waals surface area contributed by atoms with Gasteiger partial charge in [-0.1, -0.05) is 6.07 Å². The lowest BCUT2D eigenvalue weighted by atomic mass is 10.2. The third kappa shape index (κ3) is 8.08. The Morgan fingerprint density at radius 2 is 2.05 bits per heavy atom. The maximum atomic E-state index is 11.7. The number of hydrogen-bond donors (Lipinski definition) is 1. The largest absolute Gasteiger partial charge is 0.379 e. The Morgan fingerprint density at radius 1 is 1.29 bits per heavy atom. The van der Waals surface area contributed by atoms with Crippen molar-refractivity contribution in [1.29, 1.82) is 5.26 Å². The molecule has 0 fully saturated rings. The molecule has 1 rings (SSSR count). The Kier molecular flexibility index (Phi) is 6.86. The van der Waals surface area contributed by atoms with Gasteiger partial charge in [-0.3, -0.25) is 4.79 Å². The van der Waals surface area contributed by atoms with E-state index >= 15 is 0 Å². The Hall–Kier alpha value is -1.90. The number of amides is 1. The molecule has 0 aliphatic carbocycles. The number of nitrogens with one attached hydrogen (secondary N) is 1. The Morgan fingerprint density at radius 3 is 2.71 bits per heavy atom. The van der Waals surface area contributed by atoms with Gasteiger partial charge in [0.15, 0.2) is 0 Å². The average Bonchev–Trinajstić information content (AvgIpc) is 2.41. The highest BCUT2D eigenvalue weighted by Gasteiger charge is 2.09. The summed E-state index contributed by atoms with van der Waals surface area (Å²) in [5.74, 6) is -0.137. The van der Waals surface area contributed by atoms with Crippen LogP contribution in [-0.2, 0) is 14.3 Å². The van der Waals surface area contributed by atoms with Crippen LogP contribution in [0, 0.1) is 11.3 Å². The summed E-state index contributed by atoms with van der Waals surface area (Å²) >= 11 is 0. The first-order valence-electron chi connectivity index (χ1n) is 6.92. The zero-order chi connectivity index (χ0) is 15.7. The molecule has 5 heteroatoms. The van der Waals surface area contributed by atoms with Crippen LogP contribution < -0.4 is 5.32 Å². The first kappa shape index (κ1) is 17.2. The number of benzene rings is 1. The minimum Gasteiger partial charge on any atom is -0.379 e. The zero-order valence-corrected chi connectivity index (χ0v) is 12.8. The van der Waals surface area contributed by atoms with E-state index in [4.69, 9.17) is 14.7 Å². The van der Waals surface area contributed by atoms with E-state index in [1.165, 1.54) is 0 Å². The molecule has 1 amide bonds. The number of hydrogen-bond acceptors (Lipinski definition) is 4. The highest BCUT2D eigenvalue weighted by atomic mass is 16.5. The molecule has 0 aliphatic heterocycles. The molecule has 21 heavy (non-hydrogen) atoms. The van der Waals surface area contributed by atoms with Crippen LogP contribution in [0.15, 0.2) is 24.3 Å². The molecule has 1 N–H and O–H groups in total. The summed E-state index contributed by atoms with van der Waals surface area (Å²) in [7, 11) is 0. The molecule has 0 bridgehead atoms. The number of carbonyl (C=O) groups excluding carboxylic acids is 1. The van der Waals surface area contributed by atoms with Gasteiger partial charge in [0.25, 0.3) is 0 Å². The fraction of sp³-hybridized carbons (Fsp3) is 0.500. The van der Waals surface area contributed by atoms with E-state index in [0.29, 0.717) is 31.1 Å². The SMILES string of the molecule is CC(C)(C)OCCOCCC(=O)Nc1cccc(C#N)c1. The number of nitrogens with zero attached hydrogens (tertiary/aromatic N) is 1. The van der Waals surface area contributed by atoms with Gasteiger partial charge in [0.2, 0.25) is 5.91 Å². The topological polar surface area (TPSA) is 71.3 Å². The molecular weight excluding hydrogens is 268 g/mol. The van der Waals surface area contributed by atoms with Crippen LogP contribution in [0.1, 0.15) is 32.8 Å². The van der Waals surface area contributed by atoms with Crippen molar-refractivity contribution in [2.45, 2.75) is 32.8 Å². The summed E-state index contributed by atoms with van der Waals surface area (Å²) in [6, 6.07) is 8.83. The minimum absolute atomic E-state index is 0.137. The van der Waals surface area contributed by atoms with Crippen LogP contribution in [0.3, 0.4) is 0 Å². The van der Waals surface area contributed by atoms with E-state index in [-0.39, 0.29) is 17.9 Å². The van der Waals surface area contributed by atoms with Gasteiger partial charge in [-0.25, -0.2) is 0 Å². The monoisotopic (exact) mass is 290 g/mol. The van der Waals surface area contributed by atoms with E-state index in [2.05, 4.69) is 5.32 Å². The molecule has 0 spiro atoms. The van der Waals surface area contributed by atoms with Gasteiger partial charge >= 0.3 is 0 Å². The van der Waals surface area contributed by atoms with Crippen LogP contribution in [0.5, 0.6) is 0 Å². The van der Waals surface area contributed by atoms with Crippen molar-refractivity contribution in [1.82, 2.24) is 0 Å². The molecule has 0 saturated carbocycles. The first-order valence-corrected chi connectivity index (χ1v) is 6.92. The number of nitriles is 1. The van der Waals surface area contributed by atoms with Gasteiger partial charge in [0.05, 0.1) is 43.5 Å². The van der Waals surface area contributed by atoms with Crippen molar-refractivity contribution in [3.8, 4) is 6.07 Å². The van der Waals surface area contributed by atoms with Gasteiger partial charge in [0.1, 0.15) is 0 Å². The average molecular weight is 290 g/mol. The van der Waals surface area contributed by atoms with Crippen molar-refractivity contribution in [3.05, 3.63) is 29.8 Å². The minimum atomic E-state index is -0.174. The van der Waals surface area contributed by atoms with Crippen molar-refractivity contribution in [2.24, 2.45) is 0 Å². The number of anilines is 1. The molecule has 1 aromatic carbocycles. The van der Waals surface area contributed by atoms with Crippen molar-refractivity contribution in [3.63, 3.8) is 0 Å². The molecule has 0 radical (unpaired) electrons. The van der Waals surface area contributed by atoms with E-state index in [0.717, 1.165) is 0 Å². The van der Waals surface area contributed by atoms with Crippen LogP contribution in [0.25, 0.3) is 0 Å². The van der Waals surface area contributed by atoms with Gasteiger partial charge in [0, 0.05) is 5.69 Å². The molecule has 0 aromatic heterocycles. The number of rotatable bonds is 7. The summed E-state index contributed by atoms with van der Waals surface area (Å²) in [4.78, 5) is 11.7. The normalized spacial score (nSPS) is 11.0. The Labute approximate surface area is 125 Å². The summed E-state index contributed by atoms with van der Waals surface area (Å²) in [5, 5.41) is 11.5. The summed E-state index contributed by atoms with van der Waals surface area (Å²) < 4.78 is 10.8. The van der Waals surface area contributed by atoms with Crippen molar-refractivity contribution in [2.75, 3.05) is 25.1 Å². The van der Waals surface area contributed by atoms with Gasteiger partial charge < -0.3 is 14.8 Å². The van der Waals surface area contributed by atoms with Gasteiger partial charge in [-0.2, -0.15) is 5.26 Å². The van der Waals surface area contributed by atoms with Crippen LogP contribution in [-0.4, -0.2) is 31.3 Å². The summed E-state index contributed by atoms with van der Waals surface area (Å²) in [5.41, 5.74) is 0.963. The number of ether oxygens (including phenoxy) is 2. The van der Waals surface area contributed by atoms with E-state index in [1.54, 1.807) is 24.3 Å². The highest BCUT2D eigenvalue weighted by Crippen LogP contribution is 2.10. The second kappa shape index (κ2) is 8.40. The fourth-order valence-corrected chi connectivity index (χ4v) is 1.56. The van der Waals surface area contributed by atoms with Gasteiger partial charge in [-0.05, 0) is 39.0 Å². The van der Waals surface area contributed by atoms with Crippen LogP contribution >= 0.6 is 0 Å². The van der Waals surface area contributed by atoms with E-state index in [9.17, 15) is 4.79 Å². The molecule has 0 atom stereocenters. The molecular formula is C16H22N2O3. The summed E-state index contributed by atoms with van der Waals surface area (Å²) in [6.07, 6.45) is 0.270. The lowest BCUT2D eigenvalue weighted by Gasteiger charge is -2.19. The lowest BCUT2D eigenvalue weighted by molar-refractivity contribution is -0.117. The third-order valence-electron chi connectivity index (χ3n) is 2.51. The van der Waals surface area contributed by atoms with Gasteiger partial charge in [-0.15, -0.1) is 0 Å². The number of carbonyl (C=O) groups is 1. The first-order chi connectivity index (χ1) is 9.90. The zero-order valence-electron chi connectivity index (χ0n) is 12.8. The molecule has 0 saturated heterocycles. The predicted molar refractivity (Wildman–Crippen MR) is 80.9 cm³/mol. The smallest absolute Gasteiger partial charge is 0.226 e. The van der Waals surface area contributed by atoms with Crippen molar-refractivity contribution < 1.29 is 14.3 Å². The second-order valence-electron chi connectivity index (χ2n) is 5.56. The standard InChI is InChI=1S/C16H22N2O3/c1-16(2,3)21-10-9-20-8-7-15(19)18-14-6-4-5-13(11-14)12-17/h4-6,11H,7-10H2,1-3H3,(H,18,19). The summed E-state index contributed by atoms with van der Waals surface area (Å²) in [6.45, 7) is 7.27. The molecule has 0 unspecified atom stereocenters. The fourth-order valence-electron chi connectivity index (χ4n) is 1.56. The molecule has 5 nitrogen and oxygen atoms in total. The molecule has 0 aliphatic rings. The maximum Gasteiger partial charge on any atom is 0.226 e. The Bertz CT molecular complexity index is 501. The predicted octanol–water partition coefficient (Wildman–Crippen LogP) is 2.72. The molecule has 114 valence electrons. The highest BCUT2D eigenvalue weighted by molar-refractivity contribution is 5.90. The Balaban J connectivity index is 2.18. The lowest BCUT2D eigenvalue weighted by Crippen LogP contribution is -2.22. The van der Waals surface area contributed by atoms with Crippen LogP contribution in [0.4, 0.5) is 5.69 Å². The van der Waals surface area contributed by atoms with E-state index < -0.39 is 0 Å².